The summed E-state index contributed by atoms with van der Waals surface area (Å²) in [6, 6.07) is 5.45. The number of nitrogens with one attached hydrogen (secondary N) is 1. The van der Waals surface area contributed by atoms with Gasteiger partial charge in [0.1, 0.15) is 5.82 Å². The Morgan fingerprint density at radius 1 is 1.18 bits per heavy atom. The summed E-state index contributed by atoms with van der Waals surface area (Å²) < 4.78 is 17.8. The van der Waals surface area contributed by atoms with E-state index in [0.717, 1.165) is 12.3 Å². The molecule has 22 heavy (non-hydrogen) atoms. The number of ether oxygens (including phenoxy) is 1. The van der Waals surface area contributed by atoms with Crippen LogP contribution in [0.5, 0.6) is 0 Å². The van der Waals surface area contributed by atoms with Crippen molar-refractivity contribution in [3.05, 3.63) is 30.1 Å². The number of esters is 1. The van der Waals surface area contributed by atoms with Crippen molar-refractivity contribution in [1.29, 1.82) is 0 Å². The fraction of sp³-hybridized carbons (Fsp3) is 0.529. The van der Waals surface area contributed by atoms with Crippen LogP contribution in [0.2, 0.25) is 0 Å². The number of rotatable bonds is 5. The lowest BCUT2D eigenvalue weighted by atomic mass is 9.86. The molecular formula is C17H20FNO3. The summed E-state index contributed by atoms with van der Waals surface area (Å²) >= 11 is 0. The molecule has 0 saturated heterocycles. The molecule has 3 rings (SSSR count). The minimum absolute atomic E-state index is 0.295. The predicted octanol–water partition coefficient (Wildman–Crippen LogP) is 3.13. The molecule has 3 atom stereocenters. The Hall–Kier alpha value is -1.91. The highest BCUT2D eigenvalue weighted by Crippen LogP contribution is 2.49. The van der Waals surface area contributed by atoms with Crippen LogP contribution >= 0.6 is 0 Å². The van der Waals surface area contributed by atoms with E-state index in [1.165, 1.54) is 43.5 Å². The van der Waals surface area contributed by atoms with Gasteiger partial charge in [-0.05, 0) is 61.3 Å². The van der Waals surface area contributed by atoms with Gasteiger partial charge in [-0.2, -0.15) is 0 Å². The Bertz CT molecular complexity index is 558. The normalized spacial score (nSPS) is 26.0. The molecule has 2 bridgehead atoms. The van der Waals surface area contributed by atoms with Crippen LogP contribution in [-0.4, -0.2) is 18.5 Å². The second kappa shape index (κ2) is 6.46. The van der Waals surface area contributed by atoms with Gasteiger partial charge in [0.25, 0.3) is 5.91 Å². The molecule has 4 nitrogen and oxygen atoms in total. The molecule has 2 aliphatic carbocycles. The van der Waals surface area contributed by atoms with Gasteiger partial charge in [-0.15, -0.1) is 0 Å². The Morgan fingerprint density at radius 3 is 2.59 bits per heavy atom. The molecule has 1 aromatic rings. The Morgan fingerprint density at radius 2 is 1.95 bits per heavy atom. The molecule has 0 aromatic heterocycles. The molecule has 2 saturated carbocycles. The number of anilines is 1. The highest BCUT2D eigenvalue weighted by Gasteiger charge is 2.40. The summed E-state index contributed by atoms with van der Waals surface area (Å²) in [5, 5.41) is 2.56. The first-order valence-corrected chi connectivity index (χ1v) is 7.81. The van der Waals surface area contributed by atoms with Crippen LogP contribution in [0.1, 0.15) is 32.1 Å². The number of amides is 1. The van der Waals surface area contributed by atoms with Crippen LogP contribution < -0.4 is 5.32 Å². The molecule has 0 spiro atoms. The van der Waals surface area contributed by atoms with Gasteiger partial charge in [0.15, 0.2) is 6.61 Å². The van der Waals surface area contributed by atoms with E-state index in [-0.39, 0.29) is 18.4 Å². The zero-order valence-corrected chi connectivity index (χ0v) is 12.4. The van der Waals surface area contributed by atoms with E-state index in [9.17, 15) is 14.0 Å². The summed E-state index contributed by atoms with van der Waals surface area (Å²) in [5.41, 5.74) is 0.482. The van der Waals surface area contributed by atoms with E-state index in [0.29, 0.717) is 23.9 Å². The lowest BCUT2D eigenvalue weighted by molar-refractivity contribution is -0.148. The van der Waals surface area contributed by atoms with Crippen LogP contribution in [0.3, 0.4) is 0 Å². The summed E-state index contributed by atoms with van der Waals surface area (Å²) in [6.45, 7) is -0.295. The number of hydrogen-bond acceptors (Lipinski definition) is 3. The first kappa shape index (κ1) is 15.0. The van der Waals surface area contributed by atoms with Crippen LogP contribution in [0.25, 0.3) is 0 Å². The molecule has 1 aromatic carbocycles. The van der Waals surface area contributed by atoms with Crippen molar-refractivity contribution < 1.29 is 18.7 Å². The average molecular weight is 305 g/mol. The lowest BCUT2D eigenvalue weighted by Crippen LogP contribution is -2.23. The van der Waals surface area contributed by atoms with Crippen molar-refractivity contribution in [3.63, 3.8) is 0 Å². The Labute approximate surface area is 129 Å². The topological polar surface area (TPSA) is 55.4 Å². The number of carbonyl (C=O) groups is 2. The number of benzene rings is 1. The Kier molecular flexibility index (Phi) is 4.41. The summed E-state index contributed by atoms with van der Waals surface area (Å²) in [6.07, 6.45) is 5.33. The largest absolute Gasteiger partial charge is 0.456 e. The Balaban J connectivity index is 1.39. The molecule has 5 heteroatoms. The molecule has 1 amide bonds. The van der Waals surface area contributed by atoms with Crippen LogP contribution in [0, 0.1) is 23.6 Å². The van der Waals surface area contributed by atoms with Crippen LogP contribution in [0.4, 0.5) is 10.1 Å². The van der Waals surface area contributed by atoms with E-state index < -0.39 is 5.91 Å². The van der Waals surface area contributed by atoms with Gasteiger partial charge < -0.3 is 10.1 Å². The quantitative estimate of drug-likeness (QED) is 0.850. The van der Waals surface area contributed by atoms with E-state index in [4.69, 9.17) is 4.74 Å². The first-order chi connectivity index (χ1) is 10.6. The molecule has 2 aliphatic rings. The maximum atomic E-state index is 12.8. The third kappa shape index (κ3) is 3.64. The van der Waals surface area contributed by atoms with Crippen molar-refractivity contribution in [1.82, 2.24) is 0 Å². The molecule has 0 unspecified atom stereocenters. The molecular weight excluding hydrogens is 285 g/mol. The smallest absolute Gasteiger partial charge is 0.306 e. The van der Waals surface area contributed by atoms with Gasteiger partial charge in [-0.3, -0.25) is 9.59 Å². The van der Waals surface area contributed by atoms with Gasteiger partial charge >= 0.3 is 5.97 Å². The van der Waals surface area contributed by atoms with E-state index in [1.54, 1.807) is 0 Å². The van der Waals surface area contributed by atoms with Crippen LogP contribution in [-0.2, 0) is 14.3 Å². The maximum Gasteiger partial charge on any atom is 0.306 e. The molecule has 0 aliphatic heterocycles. The first-order valence-electron chi connectivity index (χ1n) is 7.81. The fourth-order valence-corrected chi connectivity index (χ4v) is 3.78. The summed E-state index contributed by atoms with van der Waals surface area (Å²) in [7, 11) is 0. The predicted molar refractivity (Wildman–Crippen MR) is 79.5 cm³/mol. The molecule has 2 fully saturated rings. The van der Waals surface area contributed by atoms with Crippen molar-refractivity contribution in [2.24, 2.45) is 17.8 Å². The minimum atomic E-state index is -0.409. The monoisotopic (exact) mass is 305 g/mol. The number of halogens is 1. The van der Waals surface area contributed by atoms with Crippen molar-refractivity contribution >= 4 is 17.6 Å². The number of carbonyl (C=O) groups excluding carboxylic acids is 2. The van der Waals surface area contributed by atoms with Crippen molar-refractivity contribution in [2.45, 2.75) is 32.1 Å². The van der Waals surface area contributed by atoms with Gasteiger partial charge in [0.05, 0.1) is 0 Å². The van der Waals surface area contributed by atoms with Gasteiger partial charge in [0, 0.05) is 12.1 Å². The standard InChI is InChI=1S/C17H20FNO3/c18-14-3-5-15(6-4-14)19-16(20)10-22-17(21)9-13-8-11-1-2-12(13)7-11/h3-6,11-13H,1-2,7-10H2,(H,19,20)/t11-,12-,13-/m1/s1. The molecule has 118 valence electrons. The molecule has 0 radical (unpaired) electrons. The zero-order valence-electron chi connectivity index (χ0n) is 12.4. The molecule has 1 N–H and O–H groups in total. The van der Waals surface area contributed by atoms with E-state index >= 15 is 0 Å². The fourth-order valence-electron chi connectivity index (χ4n) is 3.78. The van der Waals surface area contributed by atoms with Crippen molar-refractivity contribution in [2.75, 3.05) is 11.9 Å². The third-order valence-electron chi connectivity index (χ3n) is 4.81. The van der Waals surface area contributed by atoms with Crippen molar-refractivity contribution in [3.8, 4) is 0 Å². The van der Waals surface area contributed by atoms with Gasteiger partial charge in [-0.1, -0.05) is 6.42 Å². The van der Waals surface area contributed by atoms with Crippen LogP contribution in [0.15, 0.2) is 24.3 Å². The summed E-state index contributed by atoms with van der Waals surface area (Å²) in [4.78, 5) is 23.5. The minimum Gasteiger partial charge on any atom is -0.456 e. The van der Waals surface area contributed by atoms with Gasteiger partial charge in [0.2, 0.25) is 0 Å². The lowest BCUT2D eigenvalue weighted by Gasteiger charge is -2.20. The zero-order chi connectivity index (χ0) is 15.5. The molecule has 0 heterocycles. The maximum absolute atomic E-state index is 12.8. The summed E-state index contributed by atoms with van der Waals surface area (Å²) in [5.74, 6) is 0.830. The van der Waals surface area contributed by atoms with E-state index in [1.807, 2.05) is 0 Å². The average Bonchev–Trinajstić information content (AvgIpc) is 3.10. The van der Waals surface area contributed by atoms with Gasteiger partial charge in [-0.25, -0.2) is 4.39 Å². The SMILES string of the molecule is O=C(COC(=O)C[C@H]1C[C@@H]2CC[C@@H]1C2)Nc1ccc(F)cc1. The third-order valence-corrected chi connectivity index (χ3v) is 4.81. The number of fused-ring (bicyclic) bond motifs is 2. The number of hydrogen-bond donors (Lipinski definition) is 1. The second-order valence-electron chi connectivity index (χ2n) is 6.35. The highest BCUT2D eigenvalue weighted by atomic mass is 19.1. The highest BCUT2D eigenvalue weighted by molar-refractivity contribution is 5.92. The van der Waals surface area contributed by atoms with E-state index in [2.05, 4.69) is 5.32 Å². The second-order valence-corrected chi connectivity index (χ2v) is 6.35.